The molecular weight excluding hydrogens is 297 g/mol. The summed E-state index contributed by atoms with van der Waals surface area (Å²) >= 11 is 0. The fourth-order valence-corrected chi connectivity index (χ4v) is 2.45. The molecule has 1 aromatic rings. The van der Waals surface area contributed by atoms with Gasteiger partial charge in [0.2, 0.25) is 5.91 Å². The molecule has 1 fully saturated rings. The highest BCUT2D eigenvalue weighted by Crippen LogP contribution is 2.17. The van der Waals surface area contributed by atoms with Crippen LogP contribution >= 0.6 is 24.8 Å². The summed E-state index contributed by atoms with van der Waals surface area (Å²) in [6.07, 6.45) is 0. The highest BCUT2D eigenvalue weighted by atomic mass is 35.5. The molecule has 0 aliphatic carbocycles. The molecule has 0 radical (unpaired) electrons. The van der Waals surface area contributed by atoms with E-state index in [9.17, 15) is 4.79 Å². The lowest BCUT2D eigenvalue weighted by atomic mass is 10.0. The minimum absolute atomic E-state index is 0. The second kappa shape index (κ2) is 8.47. The predicted octanol–water partition coefficient (Wildman–Crippen LogP) is 1.69. The normalized spacial score (nSPS) is 20.6. The van der Waals surface area contributed by atoms with E-state index in [1.54, 1.807) is 0 Å². The van der Waals surface area contributed by atoms with Gasteiger partial charge in [-0.15, -0.1) is 24.8 Å². The van der Waals surface area contributed by atoms with E-state index in [1.165, 1.54) is 0 Å². The number of halogens is 2. The number of carbonyl (C=O) groups excluding carboxylic acids is 1. The zero-order valence-corrected chi connectivity index (χ0v) is 13.5. The van der Waals surface area contributed by atoms with Gasteiger partial charge in [0.1, 0.15) is 6.04 Å². The Balaban J connectivity index is 0.00000180. The summed E-state index contributed by atoms with van der Waals surface area (Å²) in [6, 6.07) is 9.25. The van der Waals surface area contributed by atoms with Gasteiger partial charge in [0.15, 0.2) is 0 Å². The third-order valence-corrected chi connectivity index (χ3v) is 3.54. The number of likely N-dealkylation sites (N-methyl/N-ethyl adjacent to an activating group) is 1. The summed E-state index contributed by atoms with van der Waals surface area (Å²) < 4.78 is 0. The second-order valence-electron chi connectivity index (χ2n) is 5.03. The number of amides is 1. The summed E-state index contributed by atoms with van der Waals surface area (Å²) in [7, 11) is 2.08. The number of nitrogens with zero attached hydrogens (tertiary/aromatic N) is 2. The van der Waals surface area contributed by atoms with Crippen LogP contribution in [0.15, 0.2) is 30.3 Å². The van der Waals surface area contributed by atoms with Crippen molar-refractivity contribution in [2.75, 3.05) is 26.7 Å². The van der Waals surface area contributed by atoms with E-state index in [0.717, 1.165) is 25.2 Å². The lowest BCUT2D eigenvalue weighted by Crippen LogP contribution is -2.54. The second-order valence-corrected chi connectivity index (χ2v) is 5.03. The van der Waals surface area contributed by atoms with E-state index in [0.29, 0.717) is 0 Å². The van der Waals surface area contributed by atoms with Crippen molar-refractivity contribution in [1.29, 1.82) is 0 Å². The van der Waals surface area contributed by atoms with E-state index in [2.05, 4.69) is 18.9 Å². The van der Waals surface area contributed by atoms with Crippen molar-refractivity contribution in [2.24, 2.45) is 5.73 Å². The third kappa shape index (κ3) is 4.35. The van der Waals surface area contributed by atoms with Crippen molar-refractivity contribution in [3.8, 4) is 0 Å². The molecule has 0 bridgehead atoms. The van der Waals surface area contributed by atoms with Crippen LogP contribution in [0.1, 0.15) is 18.5 Å². The first-order valence-electron chi connectivity index (χ1n) is 6.39. The van der Waals surface area contributed by atoms with Crippen LogP contribution in [0.25, 0.3) is 0 Å². The van der Waals surface area contributed by atoms with Crippen LogP contribution in [0.5, 0.6) is 0 Å². The van der Waals surface area contributed by atoms with Crippen LogP contribution < -0.4 is 5.73 Å². The third-order valence-electron chi connectivity index (χ3n) is 3.54. The standard InChI is InChI=1S/C14H21N3O.2ClH/c1-11-10-16(2)8-9-17(11)14(18)13(15)12-6-4-3-5-7-12;;/h3-7,11,13H,8-10,15H2,1-2H3;2*1H. The minimum atomic E-state index is -0.544. The molecule has 1 amide bonds. The Bertz CT molecular complexity index is 416. The molecule has 0 spiro atoms. The van der Waals surface area contributed by atoms with Gasteiger partial charge in [-0.2, -0.15) is 0 Å². The Morgan fingerprint density at radius 2 is 1.85 bits per heavy atom. The average molecular weight is 320 g/mol. The molecule has 1 aliphatic rings. The van der Waals surface area contributed by atoms with E-state index in [1.807, 2.05) is 35.2 Å². The van der Waals surface area contributed by atoms with E-state index in [4.69, 9.17) is 5.73 Å². The summed E-state index contributed by atoms with van der Waals surface area (Å²) in [5.41, 5.74) is 6.94. The number of carbonyl (C=O) groups is 1. The van der Waals surface area contributed by atoms with Crippen LogP contribution in [-0.4, -0.2) is 48.4 Å². The Morgan fingerprint density at radius 1 is 1.25 bits per heavy atom. The number of rotatable bonds is 2. The molecule has 4 nitrogen and oxygen atoms in total. The largest absolute Gasteiger partial charge is 0.336 e. The number of nitrogens with two attached hydrogens (primary N) is 1. The molecule has 114 valence electrons. The van der Waals surface area contributed by atoms with Crippen molar-refractivity contribution in [3.05, 3.63) is 35.9 Å². The highest BCUT2D eigenvalue weighted by molar-refractivity contribution is 5.85. The Hall–Kier alpha value is -0.810. The average Bonchev–Trinajstić information content (AvgIpc) is 2.38. The van der Waals surface area contributed by atoms with Crippen molar-refractivity contribution in [2.45, 2.75) is 19.0 Å². The number of hydrogen-bond acceptors (Lipinski definition) is 3. The first kappa shape index (κ1) is 19.2. The van der Waals surface area contributed by atoms with Gasteiger partial charge in [0.25, 0.3) is 0 Å². The van der Waals surface area contributed by atoms with Crippen LogP contribution in [0.3, 0.4) is 0 Å². The molecule has 1 aromatic carbocycles. The summed E-state index contributed by atoms with van der Waals surface area (Å²) in [6.45, 7) is 4.66. The van der Waals surface area contributed by atoms with Crippen molar-refractivity contribution in [3.63, 3.8) is 0 Å². The smallest absolute Gasteiger partial charge is 0.244 e. The van der Waals surface area contributed by atoms with E-state index >= 15 is 0 Å². The number of piperazine rings is 1. The molecule has 20 heavy (non-hydrogen) atoms. The van der Waals surface area contributed by atoms with Crippen LogP contribution in [0.4, 0.5) is 0 Å². The number of hydrogen-bond donors (Lipinski definition) is 1. The fourth-order valence-electron chi connectivity index (χ4n) is 2.45. The maximum atomic E-state index is 12.4. The molecule has 1 heterocycles. The molecule has 2 rings (SSSR count). The predicted molar refractivity (Wildman–Crippen MR) is 86.5 cm³/mol. The molecule has 0 aromatic heterocycles. The topological polar surface area (TPSA) is 49.6 Å². The van der Waals surface area contributed by atoms with Crippen molar-refractivity contribution in [1.82, 2.24) is 9.80 Å². The maximum absolute atomic E-state index is 12.4. The van der Waals surface area contributed by atoms with Crippen molar-refractivity contribution < 1.29 is 4.79 Å². The lowest BCUT2D eigenvalue weighted by Gasteiger charge is -2.39. The fraction of sp³-hybridized carbons (Fsp3) is 0.500. The van der Waals surface area contributed by atoms with Gasteiger partial charge in [-0.25, -0.2) is 0 Å². The summed E-state index contributed by atoms with van der Waals surface area (Å²) in [4.78, 5) is 16.5. The molecular formula is C14H23Cl2N3O. The van der Waals surface area contributed by atoms with Crippen LogP contribution in [-0.2, 0) is 4.79 Å². The molecule has 2 atom stereocenters. The van der Waals surface area contributed by atoms with Crippen molar-refractivity contribution >= 4 is 30.7 Å². The zero-order chi connectivity index (χ0) is 13.1. The van der Waals surface area contributed by atoms with E-state index in [-0.39, 0.29) is 36.8 Å². The van der Waals surface area contributed by atoms with Gasteiger partial charge in [0, 0.05) is 25.7 Å². The minimum Gasteiger partial charge on any atom is -0.336 e. The zero-order valence-electron chi connectivity index (χ0n) is 11.9. The summed E-state index contributed by atoms with van der Waals surface area (Å²) in [5, 5.41) is 0. The molecule has 6 heteroatoms. The molecule has 2 unspecified atom stereocenters. The van der Waals surface area contributed by atoms with Gasteiger partial charge >= 0.3 is 0 Å². The van der Waals surface area contributed by atoms with Gasteiger partial charge < -0.3 is 15.5 Å². The maximum Gasteiger partial charge on any atom is 0.244 e. The van der Waals surface area contributed by atoms with Crippen LogP contribution in [0, 0.1) is 0 Å². The molecule has 2 N–H and O–H groups in total. The van der Waals surface area contributed by atoms with Gasteiger partial charge in [-0.1, -0.05) is 30.3 Å². The van der Waals surface area contributed by atoms with Gasteiger partial charge in [-0.05, 0) is 19.5 Å². The molecule has 1 aliphatic heterocycles. The van der Waals surface area contributed by atoms with Crippen LogP contribution in [0.2, 0.25) is 0 Å². The monoisotopic (exact) mass is 319 g/mol. The SMILES string of the molecule is CC1CN(C)CCN1C(=O)C(N)c1ccccc1.Cl.Cl. The number of benzene rings is 1. The van der Waals surface area contributed by atoms with Gasteiger partial charge in [0.05, 0.1) is 0 Å². The lowest BCUT2D eigenvalue weighted by molar-refractivity contribution is -0.137. The molecule has 1 saturated heterocycles. The molecule has 0 saturated carbocycles. The first-order chi connectivity index (χ1) is 8.59. The Morgan fingerprint density at radius 3 is 2.40 bits per heavy atom. The Kier molecular flexibility index (Phi) is 8.13. The first-order valence-corrected chi connectivity index (χ1v) is 6.39. The summed E-state index contributed by atoms with van der Waals surface area (Å²) in [5.74, 6) is 0.0294. The quantitative estimate of drug-likeness (QED) is 0.902. The Labute approximate surface area is 133 Å². The highest BCUT2D eigenvalue weighted by Gasteiger charge is 2.29. The van der Waals surface area contributed by atoms with E-state index < -0.39 is 6.04 Å². The van der Waals surface area contributed by atoms with Gasteiger partial charge in [-0.3, -0.25) is 4.79 Å².